The Morgan fingerprint density at radius 3 is 2.54 bits per heavy atom. The van der Waals surface area contributed by atoms with Gasteiger partial charge < -0.3 is 4.74 Å². The number of allylic oxidation sites excluding steroid dienone is 1. The molecule has 0 aliphatic carbocycles. The van der Waals surface area contributed by atoms with E-state index in [2.05, 4.69) is 4.99 Å². The monoisotopic (exact) mass is 358 g/mol. The van der Waals surface area contributed by atoms with Crippen molar-refractivity contribution < 1.29 is 23.3 Å². The number of carbonyl (C=O) groups excluding carboxylic acids is 2. The first-order valence-corrected chi connectivity index (χ1v) is 8.58. The Hall–Kier alpha value is -2.83. The number of nitrogens with zero attached hydrogens (tertiary/aromatic N) is 3. The number of urea groups is 1. The zero-order chi connectivity index (χ0) is 18.8. The molecular formula is C19H21FN3O3+. The van der Waals surface area contributed by atoms with Crippen molar-refractivity contribution in [3.8, 4) is 0 Å². The molecule has 0 fully saturated rings. The molecule has 1 atom stereocenters. The molecule has 0 radical (unpaired) electrons. The summed E-state index contributed by atoms with van der Waals surface area (Å²) in [5.41, 5.74) is 1.51. The van der Waals surface area contributed by atoms with Gasteiger partial charge in [-0.3, -0.25) is 4.79 Å². The van der Waals surface area contributed by atoms with Crippen LogP contribution in [-0.4, -0.2) is 47.1 Å². The molecule has 0 bridgehead atoms. The molecular weight excluding hydrogens is 337 g/mol. The van der Waals surface area contributed by atoms with Gasteiger partial charge in [0.05, 0.1) is 13.7 Å². The van der Waals surface area contributed by atoms with Crippen molar-refractivity contribution in [2.75, 3.05) is 13.7 Å². The number of halogens is 1. The Balaban J connectivity index is 2.01. The van der Waals surface area contributed by atoms with Gasteiger partial charge in [0, 0.05) is 5.57 Å². The number of amides is 3. The molecule has 7 heteroatoms. The SMILES string of the molecule is CCOC1=C(CC)C=NC2=[N+](C)C(=O)N(Cc3ccc(F)cc3)C(=O)C12. The first-order chi connectivity index (χ1) is 12.5. The molecule has 26 heavy (non-hydrogen) atoms. The van der Waals surface area contributed by atoms with E-state index in [1.807, 2.05) is 13.8 Å². The minimum atomic E-state index is -0.738. The van der Waals surface area contributed by atoms with Crippen LogP contribution in [0.4, 0.5) is 9.18 Å². The van der Waals surface area contributed by atoms with Crippen molar-refractivity contribution >= 4 is 24.0 Å². The maximum atomic E-state index is 13.1. The molecule has 6 nitrogen and oxygen atoms in total. The highest BCUT2D eigenvalue weighted by molar-refractivity contribution is 6.16. The van der Waals surface area contributed by atoms with E-state index in [-0.39, 0.29) is 18.3 Å². The van der Waals surface area contributed by atoms with Gasteiger partial charge in [-0.1, -0.05) is 19.1 Å². The number of imide groups is 1. The fourth-order valence-corrected chi connectivity index (χ4v) is 3.13. The molecule has 0 aromatic heterocycles. The summed E-state index contributed by atoms with van der Waals surface area (Å²) in [6.45, 7) is 4.30. The van der Waals surface area contributed by atoms with E-state index < -0.39 is 11.9 Å². The number of ether oxygens (including phenoxy) is 1. The third-order valence-electron chi connectivity index (χ3n) is 4.50. The normalized spacial score (nSPS) is 20.0. The average Bonchev–Trinajstić information content (AvgIpc) is 2.65. The van der Waals surface area contributed by atoms with Gasteiger partial charge in [0.25, 0.3) is 5.84 Å². The van der Waals surface area contributed by atoms with Crippen LogP contribution in [0, 0.1) is 11.7 Å². The van der Waals surface area contributed by atoms with Crippen LogP contribution in [0.3, 0.4) is 0 Å². The molecule has 1 aromatic carbocycles. The number of benzene rings is 1. The maximum absolute atomic E-state index is 13.1. The van der Waals surface area contributed by atoms with Crippen molar-refractivity contribution in [3.05, 3.63) is 47.0 Å². The molecule has 0 saturated heterocycles. The Bertz CT molecular complexity index is 840. The summed E-state index contributed by atoms with van der Waals surface area (Å²) in [6, 6.07) is 5.27. The molecule has 2 heterocycles. The van der Waals surface area contributed by atoms with Crippen LogP contribution in [-0.2, 0) is 16.1 Å². The number of aliphatic imine (C=N–C) groups is 1. The summed E-state index contributed by atoms with van der Waals surface area (Å²) in [5.74, 6) is -0.560. The van der Waals surface area contributed by atoms with E-state index in [1.165, 1.54) is 16.7 Å². The number of hydrogen-bond donors (Lipinski definition) is 0. The van der Waals surface area contributed by atoms with E-state index >= 15 is 0 Å². The summed E-state index contributed by atoms with van der Waals surface area (Å²) in [6.07, 6.45) is 2.33. The number of rotatable bonds is 5. The van der Waals surface area contributed by atoms with Gasteiger partial charge in [-0.25, -0.2) is 9.18 Å². The lowest BCUT2D eigenvalue weighted by atomic mass is 9.94. The van der Waals surface area contributed by atoms with Crippen LogP contribution >= 0.6 is 0 Å². The van der Waals surface area contributed by atoms with Gasteiger partial charge in [0.2, 0.25) is 0 Å². The van der Waals surface area contributed by atoms with Gasteiger partial charge in [-0.05, 0) is 31.0 Å². The average molecular weight is 358 g/mol. The van der Waals surface area contributed by atoms with Gasteiger partial charge in [0.15, 0.2) is 5.92 Å². The van der Waals surface area contributed by atoms with Gasteiger partial charge in [-0.15, -0.1) is 4.99 Å². The molecule has 136 valence electrons. The lowest BCUT2D eigenvalue weighted by Crippen LogP contribution is -2.54. The lowest BCUT2D eigenvalue weighted by Gasteiger charge is -2.29. The summed E-state index contributed by atoms with van der Waals surface area (Å²) < 4.78 is 20.3. The second-order valence-corrected chi connectivity index (χ2v) is 6.12. The van der Waals surface area contributed by atoms with Crippen LogP contribution in [0.25, 0.3) is 0 Å². The molecule has 2 aliphatic rings. The minimum Gasteiger partial charge on any atom is -0.496 e. The second kappa shape index (κ2) is 7.19. The van der Waals surface area contributed by atoms with E-state index in [0.717, 1.165) is 10.5 Å². The predicted octanol–water partition coefficient (Wildman–Crippen LogP) is 2.73. The van der Waals surface area contributed by atoms with Crippen molar-refractivity contribution in [1.29, 1.82) is 0 Å². The molecule has 1 unspecified atom stereocenters. The summed E-state index contributed by atoms with van der Waals surface area (Å²) in [4.78, 5) is 31.3. The van der Waals surface area contributed by atoms with Crippen LogP contribution in [0.1, 0.15) is 25.8 Å². The number of amidine groups is 1. The zero-order valence-corrected chi connectivity index (χ0v) is 15.0. The summed E-state index contributed by atoms with van der Waals surface area (Å²) in [7, 11) is 1.59. The fraction of sp³-hybridized carbons (Fsp3) is 0.368. The van der Waals surface area contributed by atoms with Crippen molar-refractivity contribution in [1.82, 2.24) is 4.90 Å². The third-order valence-corrected chi connectivity index (χ3v) is 4.50. The quantitative estimate of drug-likeness (QED) is 0.761. The first-order valence-electron chi connectivity index (χ1n) is 8.58. The van der Waals surface area contributed by atoms with Crippen LogP contribution in [0.5, 0.6) is 0 Å². The van der Waals surface area contributed by atoms with Crippen molar-refractivity contribution in [2.45, 2.75) is 26.8 Å². The van der Waals surface area contributed by atoms with Crippen molar-refractivity contribution in [3.63, 3.8) is 0 Å². The van der Waals surface area contributed by atoms with Crippen LogP contribution in [0.2, 0.25) is 0 Å². The second-order valence-electron chi connectivity index (χ2n) is 6.12. The van der Waals surface area contributed by atoms with E-state index in [0.29, 0.717) is 30.2 Å². The highest BCUT2D eigenvalue weighted by Crippen LogP contribution is 2.29. The molecule has 2 aliphatic heterocycles. The standard InChI is InChI=1S/C19H21FN3O3/c1-4-13-10-21-17-15(16(13)26-5-2)18(24)23(19(25)22(17)3)11-12-6-8-14(20)9-7-12/h6-10,15H,4-5,11H2,1-3H3/q+1. The zero-order valence-electron chi connectivity index (χ0n) is 15.0. The fourth-order valence-electron chi connectivity index (χ4n) is 3.13. The number of carbonyl (C=O) groups is 2. The highest BCUT2D eigenvalue weighted by Gasteiger charge is 2.50. The lowest BCUT2D eigenvalue weighted by molar-refractivity contribution is -0.409. The maximum Gasteiger partial charge on any atom is 0.445 e. The molecule has 0 saturated carbocycles. The Morgan fingerprint density at radius 1 is 1.23 bits per heavy atom. The van der Waals surface area contributed by atoms with E-state index in [9.17, 15) is 14.0 Å². The highest BCUT2D eigenvalue weighted by atomic mass is 19.1. The minimum absolute atomic E-state index is 0.0661. The third kappa shape index (κ3) is 3.05. The largest absolute Gasteiger partial charge is 0.496 e. The van der Waals surface area contributed by atoms with Crippen LogP contribution < -0.4 is 0 Å². The smallest absolute Gasteiger partial charge is 0.445 e. The van der Waals surface area contributed by atoms with Crippen LogP contribution in [0.15, 0.2) is 40.6 Å². The summed E-state index contributed by atoms with van der Waals surface area (Å²) >= 11 is 0. The van der Waals surface area contributed by atoms with E-state index in [1.54, 1.807) is 25.4 Å². The first kappa shape index (κ1) is 18.0. The Morgan fingerprint density at radius 2 is 1.92 bits per heavy atom. The number of dihydropyridines is 1. The van der Waals surface area contributed by atoms with Gasteiger partial charge in [-0.2, -0.15) is 9.48 Å². The molecule has 0 spiro atoms. The molecule has 3 amide bonds. The van der Waals surface area contributed by atoms with E-state index in [4.69, 9.17) is 4.74 Å². The molecule has 3 rings (SSSR count). The number of fused-ring (bicyclic) bond motifs is 1. The molecule has 0 N–H and O–H groups in total. The van der Waals surface area contributed by atoms with Gasteiger partial charge in [0.1, 0.15) is 24.3 Å². The Kier molecular flexibility index (Phi) is 4.97. The van der Waals surface area contributed by atoms with Crippen molar-refractivity contribution in [2.24, 2.45) is 10.9 Å². The number of hydrogen-bond acceptors (Lipinski definition) is 4. The predicted molar refractivity (Wildman–Crippen MR) is 94.5 cm³/mol. The Labute approximate surface area is 151 Å². The summed E-state index contributed by atoms with van der Waals surface area (Å²) in [5, 5.41) is 0. The molecule has 1 aromatic rings. The van der Waals surface area contributed by atoms with Gasteiger partial charge >= 0.3 is 11.9 Å². The topological polar surface area (TPSA) is 62.0 Å².